The maximum Gasteiger partial charge on any atom is 0.144 e. The first-order valence-electron chi connectivity index (χ1n) is 5.38. The number of nitrogens with zero attached hydrogens (tertiary/aromatic N) is 1. The van der Waals surface area contributed by atoms with Crippen LogP contribution in [0.4, 0.5) is 11.5 Å². The number of anilines is 2. The minimum Gasteiger partial charge on any atom is -0.397 e. The zero-order valence-electron chi connectivity index (χ0n) is 9.50. The fraction of sp³-hybridized carbons (Fsp3) is 0.545. The van der Waals surface area contributed by atoms with Crippen LogP contribution < -0.4 is 11.1 Å². The quantitative estimate of drug-likeness (QED) is 0.723. The Morgan fingerprint density at radius 3 is 2.94 bits per heavy atom. The van der Waals surface area contributed by atoms with Gasteiger partial charge in [0.25, 0.3) is 0 Å². The number of halogens is 1. The minimum absolute atomic E-state index is 0.567. The number of nitrogen functional groups attached to an aromatic ring is 1. The number of ether oxygens (including phenoxy) is 1. The average Bonchev–Trinajstić information content (AvgIpc) is 2.26. The van der Waals surface area contributed by atoms with Crippen LogP contribution in [0.3, 0.4) is 0 Å². The molecule has 5 heteroatoms. The monoisotopic (exact) mass is 243 g/mol. The van der Waals surface area contributed by atoms with Crippen molar-refractivity contribution in [3.63, 3.8) is 0 Å². The fourth-order valence-electron chi connectivity index (χ4n) is 1.34. The molecule has 0 fully saturated rings. The van der Waals surface area contributed by atoms with Crippen LogP contribution in [-0.4, -0.2) is 25.2 Å². The zero-order valence-corrected chi connectivity index (χ0v) is 10.3. The van der Waals surface area contributed by atoms with E-state index in [0.717, 1.165) is 32.4 Å². The van der Waals surface area contributed by atoms with E-state index in [0.29, 0.717) is 16.5 Å². The van der Waals surface area contributed by atoms with Gasteiger partial charge in [0.2, 0.25) is 0 Å². The van der Waals surface area contributed by atoms with Gasteiger partial charge in [-0.15, -0.1) is 0 Å². The van der Waals surface area contributed by atoms with E-state index >= 15 is 0 Å². The van der Waals surface area contributed by atoms with Gasteiger partial charge in [-0.05, 0) is 25.3 Å². The highest BCUT2D eigenvalue weighted by Crippen LogP contribution is 2.20. The molecular weight excluding hydrogens is 226 g/mol. The SMILES string of the molecule is COCCCCCNc1ncc(N)cc1Cl. The van der Waals surface area contributed by atoms with Crippen molar-refractivity contribution in [2.24, 2.45) is 0 Å². The van der Waals surface area contributed by atoms with Crippen molar-refractivity contribution in [3.05, 3.63) is 17.3 Å². The number of methoxy groups -OCH3 is 1. The third-order valence-electron chi connectivity index (χ3n) is 2.18. The number of nitrogens with one attached hydrogen (secondary N) is 1. The molecule has 4 nitrogen and oxygen atoms in total. The van der Waals surface area contributed by atoms with Crippen molar-refractivity contribution < 1.29 is 4.74 Å². The smallest absolute Gasteiger partial charge is 0.144 e. The van der Waals surface area contributed by atoms with Gasteiger partial charge in [0.15, 0.2) is 0 Å². The highest BCUT2D eigenvalue weighted by atomic mass is 35.5. The number of hydrogen-bond donors (Lipinski definition) is 2. The summed E-state index contributed by atoms with van der Waals surface area (Å²) in [6.45, 7) is 1.68. The number of unbranched alkanes of at least 4 members (excludes halogenated alkanes) is 2. The summed E-state index contributed by atoms with van der Waals surface area (Å²) in [6.07, 6.45) is 4.89. The highest BCUT2D eigenvalue weighted by molar-refractivity contribution is 6.33. The van der Waals surface area contributed by atoms with Crippen molar-refractivity contribution in [1.29, 1.82) is 0 Å². The zero-order chi connectivity index (χ0) is 11.8. The molecule has 1 heterocycles. The van der Waals surface area contributed by atoms with Crippen LogP contribution in [0.25, 0.3) is 0 Å². The van der Waals surface area contributed by atoms with Crippen LogP contribution in [0.1, 0.15) is 19.3 Å². The van der Waals surface area contributed by atoms with Crippen LogP contribution in [0.15, 0.2) is 12.3 Å². The third-order valence-corrected chi connectivity index (χ3v) is 2.47. The summed E-state index contributed by atoms with van der Waals surface area (Å²) in [5.74, 6) is 0.697. The molecule has 0 amide bonds. The fourth-order valence-corrected chi connectivity index (χ4v) is 1.58. The molecular formula is C11H18ClN3O. The summed E-state index contributed by atoms with van der Waals surface area (Å²) >= 11 is 5.97. The van der Waals surface area contributed by atoms with Gasteiger partial charge in [-0.2, -0.15) is 0 Å². The lowest BCUT2D eigenvalue weighted by atomic mass is 10.2. The minimum atomic E-state index is 0.567. The number of nitrogens with two attached hydrogens (primary N) is 1. The summed E-state index contributed by atoms with van der Waals surface area (Å²) in [5, 5.41) is 3.74. The molecule has 0 radical (unpaired) electrons. The van der Waals surface area contributed by atoms with Gasteiger partial charge in [0, 0.05) is 20.3 Å². The van der Waals surface area contributed by atoms with E-state index in [9.17, 15) is 0 Å². The van der Waals surface area contributed by atoms with E-state index < -0.39 is 0 Å². The predicted molar refractivity (Wildman–Crippen MR) is 67.9 cm³/mol. The van der Waals surface area contributed by atoms with Crippen LogP contribution in [-0.2, 0) is 4.74 Å². The van der Waals surface area contributed by atoms with E-state index in [1.54, 1.807) is 19.4 Å². The van der Waals surface area contributed by atoms with E-state index in [2.05, 4.69) is 10.3 Å². The number of rotatable bonds is 7. The third kappa shape index (κ3) is 4.68. The lowest BCUT2D eigenvalue weighted by molar-refractivity contribution is 0.192. The van der Waals surface area contributed by atoms with Crippen molar-refractivity contribution in [2.45, 2.75) is 19.3 Å². The maximum absolute atomic E-state index is 5.97. The molecule has 0 saturated carbocycles. The Morgan fingerprint density at radius 2 is 2.25 bits per heavy atom. The molecule has 0 aliphatic carbocycles. The van der Waals surface area contributed by atoms with Gasteiger partial charge in [-0.3, -0.25) is 0 Å². The Balaban J connectivity index is 2.21. The van der Waals surface area contributed by atoms with Crippen LogP contribution >= 0.6 is 11.6 Å². The predicted octanol–water partition coefficient (Wildman–Crippen LogP) is 2.55. The van der Waals surface area contributed by atoms with E-state index in [-0.39, 0.29) is 0 Å². The largest absolute Gasteiger partial charge is 0.397 e. The van der Waals surface area contributed by atoms with Crippen molar-refractivity contribution >= 4 is 23.1 Å². The Bertz CT molecular complexity index is 320. The molecule has 0 atom stereocenters. The first-order chi connectivity index (χ1) is 7.74. The number of aromatic nitrogens is 1. The summed E-state index contributed by atoms with van der Waals surface area (Å²) in [5.41, 5.74) is 6.13. The molecule has 0 aliphatic heterocycles. The van der Waals surface area contributed by atoms with Gasteiger partial charge in [0.1, 0.15) is 5.82 Å². The summed E-state index contributed by atoms with van der Waals surface area (Å²) in [4.78, 5) is 4.12. The summed E-state index contributed by atoms with van der Waals surface area (Å²) < 4.78 is 4.97. The number of pyridine rings is 1. The standard InChI is InChI=1S/C11H18ClN3O/c1-16-6-4-2-3-5-14-11-10(12)7-9(13)8-15-11/h7-8H,2-6,13H2,1H3,(H,14,15). The molecule has 16 heavy (non-hydrogen) atoms. The second kappa shape index (κ2) is 7.30. The van der Waals surface area contributed by atoms with Gasteiger partial charge in [-0.25, -0.2) is 4.98 Å². The van der Waals surface area contributed by atoms with Crippen LogP contribution in [0.5, 0.6) is 0 Å². The van der Waals surface area contributed by atoms with Gasteiger partial charge in [-0.1, -0.05) is 11.6 Å². The first-order valence-corrected chi connectivity index (χ1v) is 5.75. The van der Waals surface area contributed by atoms with Gasteiger partial charge in [0.05, 0.1) is 16.9 Å². The topological polar surface area (TPSA) is 60.2 Å². The van der Waals surface area contributed by atoms with Gasteiger partial charge >= 0.3 is 0 Å². The van der Waals surface area contributed by atoms with Gasteiger partial charge < -0.3 is 15.8 Å². The summed E-state index contributed by atoms with van der Waals surface area (Å²) in [6, 6.07) is 1.70. The molecule has 90 valence electrons. The van der Waals surface area contributed by atoms with Crippen molar-refractivity contribution in [3.8, 4) is 0 Å². The Morgan fingerprint density at radius 1 is 1.44 bits per heavy atom. The van der Waals surface area contributed by atoms with Crippen molar-refractivity contribution in [1.82, 2.24) is 4.98 Å². The van der Waals surface area contributed by atoms with Crippen LogP contribution in [0, 0.1) is 0 Å². The lowest BCUT2D eigenvalue weighted by Crippen LogP contribution is -2.04. The molecule has 0 unspecified atom stereocenters. The summed E-state index contributed by atoms with van der Waals surface area (Å²) in [7, 11) is 1.72. The van der Waals surface area contributed by atoms with E-state index in [1.807, 2.05) is 0 Å². The Hall–Kier alpha value is -1.00. The van der Waals surface area contributed by atoms with Crippen LogP contribution in [0.2, 0.25) is 5.02 Å². The highest BCUT2D eigenvalue weighted by Gasteiger charge is 2.00. The molecule has 0 spiro atoms. The molecule has 0 saturated heterocycles. The second-order valence-corrected chi connectivity index (χ2v) is 3.99. The molecule has 1 rings (SSSR count). The Kier molecular flexibility index (Phi) is 5.96. The second-order valence-electron chi connectivity index (χ2n) is 3.58. The molecule has 0 aliphatic rings. The van der Waals surface area contributed by atoms with Crippen molar-refractivity contribution in [2.75, 3.05) is 31.3 Å². The van der Waals surface area contributed by atoms with E-state index in [1.165, 1.54) is 0 Å². The van der Waals surface area contributed by atoms with E-state index in [4.69, 9.17) is 22.1 Å². The molecule has 1 aromatic heterocycles. The first kappa shape index (κ1) is 13.1. The number of hydrogen-bond acceptors (Lipinski definition) is 4. The molecule has 0 bridgehead atoms. The molecule has 0 aromatic carbocycles. The Labute approximate surface area is 101 Å². The molecule has 1 aromatic rings. The lowest BCUT2D eigenvalue weighted by Gasteiger charge is -2.07. The normalized spacial score (nSPS) is 10.4. The molecule has 3 N–H and O–H groups in total. The average molecular weight is 244 g/mol. The maximum atomic E-state index is 5.97.